The first kappa shape index (κ1) is 7.94. The molecule has 0 aromatic carbocycles. The third kappa shape index (κ3) is 2.62. The number of nitrogens with one attached hydrogen (secondary N) is 1. The molecule has 1 heterocycles. The molecular formula is C6H13NO3. The van der Waals surface area contributed by atoms with Crippen LogP contribution in [0.3, 0.4) is 0 Å². The predicted molar refractivity (Wildman–Crippen MR) is 35.6 cm³/mol. The fourth-order valence-corrected chi connectivity index (χ4v) is 0.606. The Morgan fingerprint density at radius 2 is 2.30 bits per heavy atom. The molecule has 1 aliphatic rings. The van der Waals surface area contributed by atoms with Crippen LogP contribution in [0.2, 0.25) is 0 Å². The Bertz CT molecular complexity index is 85.1. The van der Waals surface area contributed by atoms with Gasteiger partial charge in [0.25, 0.3) is 0 Å². The average molecular weight is 147 g/mol. The van der Waals surface area contributed by atoms with E-state index in [1.54, 1.807) is 7.11 Å². The number of methoxy groups -OCH3 is 1. The zero-order chi connectivity index (χ0) is 7.23. The monoisotopic (exact) mass is 147 g/mol. The highest BCUT2D eigenvalue weighted by Gasteiger charge is 2.17. The molecular weight excluding hydrogens is 134 g/mol. The van der Waals surface area contributed by atoms with Crippen molar-refractivity contribution in [3.8, 4) is 0 Å². The molecule has 4 nitrogen and oxygen atoms in total. The Balaban J connectivity index is 1.76. The van der Waals surface area contributed by atoms with E-state index in [1.807, 2.05) is 0 Å². The van der Waals surface area contributed by atoms with E-state index in [0.717, 1.165) is 13.2 Å². The molecule has 0 unspecified atom stereocenters. The summed E-state index contributed by atoms with van der Waals surface area (Å²) in [6.07, 6.45) is 0. The molecule has 0 amide bonds. The Hall–Kier alpha value is -0.160. The van der Waals surface area contributed by atoms with Crippen molar-refractivity contribution in [2.45, 2.75) is 6.04 Å². The fraction of sp³-hybridized carbons (Fsp3) is 1.00. The smallest absolute Gasteiger partial charge is 0.0916 e. The lowest BCUT2D eigenvalue weighted by Gasteiger charge is -2.26. The lowest BCUT2D eigenvalue weighted by atomic mass is 10.3. The van der Waals surface area contributed by atoms with Gasteiger partial charge in [-0.1, -0.05) is 0 Å². The highest BCUT2D eigenvalue weighted by atomic mass is 16.7. The van der Waals surface area contributed by atoms with Gasteiger partial charge in [0, 0.05) is 7.11 Å². The van der Waals surface area contributed by atoms with Crippen LogP contribution < -0.4 is 5.48 Å². The van der Waals surface area contributed by atoms with Crippen molar-refractivity contribution in [2.24, 2.45) is 0 Å². The van der Waals surface area contributed by atoms with Crippen molar-refractivity contribution in [3.63, 3.8) is 0 Å². The second-order valence-electron chi connectivity index (χ2n) is 2.19. The lowest BCUT2D eigenvalue weighted by molar-refractivity contribution is -0.0956. The summed E-state index contributed by atoms with van der Waals surface area (Å²) in [5.74, 6) is 0. The normalized spacial score (nSPS) is 18.9. The molecule has 0 aromatic heterocycles. The summed E-state index contributed by atoms with van der Waals surface area (Å²) in [4.78, 5) is 5.02. The van der Waals surface area contributed by atoms with Gasteiger partial charge < -0.3 is 9.47 Å². The first-order valence-corrected chi connectivity index (χ1v) is 3.37. The van der Waals surface area contributed by atoms with Crippen LogP contribution >= 0.6 is 0 Å². The number of hydrogen-bond donors (Lipinski definition) is 1. The molecule has 0 spiro atoms. The summed E-state index contributed by atoms with van der Waals surface area (Å²) in [6.45, 7) is 2.73. The molecule has 0 radical (unpaired) electrons. The minimum absolute atomic E-state index is 0.386. The second-order valence-corrected chi connectivity index (χ2v) is 2.19. The van der Waals surface area contributed by atoms with E-state index in [2.05, 4.69) is 5.48 Å². The minimum atomic E-state index is 0.386. The van der Waals surface area contributed by atoms with Gasteiger partial charge in [-0.05, 0) is 0 Å². The van der Waals surface area contributed by atoms with E-state index >= 15 is 0 Å². The largest absolute Gasteiger partial charge is 0.382 e. The van der Waals surface area contributed by atoms with Gasteiger partial charge >= 0.3 is 0 Å². The summed E-state index contributed by atoms with van der Waals surface area (Å²) < 4.78 is 9.70. The summed E-state index contributed by atoms with van der Waals surface area (Å²) in [5, 5.41) is 0. The van der Waals surface area contributed by atoms with Gasteiger partial charge in [0.1, 0.15) is 0 Å². The van der Waals surface area contributed by atoms with E-state index < -0.39 is 0 Å². The van der Waals surface area contributed by atoms with Gasteiger partial charge in [-0.2, -0.15) is 5.48 Å². The molecule has 0 atom stereocenters. The molecule has 1 fully saturated rings. The maximum absolute atomic E-state index is 5.02. The topological polar surface area (TPSA) is 39.7 Å². The number of ether oxygens (including phenoxy) is 2. The molecule has 1 N–H and O–H groups in total. The molecule has 1 aliphatic heterocycles. The summed E-state index contributed by atoms with van der Waals surface area (Å²) in [5.41, 5.74) is 2.85. The van der Waals surface area contributed by atoms with Crippen LogP contribution in [0, 0.1) is 0 Å². The van der Waals surface area contributed by atoms with Crippen molar-refractivity contribution in [1.29, 1.82) is 0 Å². The zero-order valence-electron chi connectivity index (χ0n) is 6.13. The van der Waals surface area contributed by atoms with E-state index in [1.165, 1.54) is 0 Å². The van der Waals surface area contributed by atoms with Crippen LogP contribution in [0.25, 0.3) is 0 Å². The standard InChI is InChI=1S/C6H13NO3/c1-8-2-3-10-7-6-4-9-5-6/h6-7H,2-5H2,1H3. The van der Waals surface area contributed by atoms with Gasteiger partial charge in [-0.15, -0.1) is 0 Å². The molecule has 0 saturated carbocycles. The summed E-state index contributed by atoms with van der Waals surface area (Å²) in [7, 11) is 1.65. The Kier molecular flexibility index (Phi) is 3.67. The van der Waals surface area contributed by atoms with Gasteiger partial charge in [-0.3, -0.25) is 4.84 Å². The highest BCUT2D eigenvalue weighted by Crippen LogP contribution is 1.98. The summed E-state index contributed by atoms with van der Waals surface area (Å²) in [6, 6.07) is 0.386. The predicted octanol–water partition coefficient (Wildman–Crippen LogP) is -0.447. The second kappa shape index (κ2) is 4.62. The number of rotatable bonds is 5. The molecule has 1 rings (SSSR count). The van der Waals surface area contributed by atoms with E-state index in [-0.39, 0.29) is 0 Å². The SMILES string of the molecule is COCCONC1COC1. The summed E-state index contributed by atoms with van der Waals surface area (Å²) >= 11 is 0. The van der Waals surface area contributed by atoms with Crippen molar-refractivity contribution in [2.75, 3.05) is 33.5 Å². The van der Waals surface area contributed by atoms with Crippen LogP contribution in [0.4, 0.5) is 0 Å². The highest BCUT2D eigenvalue weighted by molar-refractivity contribution is 4.67. The maximum atomic E-state index is 5.02. The van der Waals surface area contributed by atoms with Gasteiger partial charge in [0.15, 0.2) is 0 Å². The maximum Gasteiger partial charge on any atom is 0.0916 e. The lowest BCUT2D eigenvalue weighted by Crippen LogP contribution is -2.46. The zero-order valence-corrected chi connectivity index (χ0v) is 6.13. The van der Waals surface area contributed by atoms with Crippen molar-refractivity contribution in [1.82, 2.24) is 5.48 Å². The molecule has 60 valence electrons. The van der Waals surface area contributed by atoms with E-state index in [0.29, 0.717) is 19.3 Å². The molecule has 4 heteroatoms. The molecule has 0 bridgehead atoms. The quantitative estimate of drug-likeness (QED) is 0.422. The average Bonchev–Trinajstić information content (AvgIpc) is 1.84. The first-order valence-electron chi connectivity index (χ1n) is 3.37. The molecule has 1 saturated heterocycles. The molecule has 0 aliphatic carbocycles. The fourth-order valence-electron chi connectivity index (χ4n) is 0.606. The van der Waals surface area contributed by atoms with Crippen LogP contribution in [-0.4, -0.2) is 39.6 Å². The first-order chi connectivity index (χ1) is 4.93. The van der Waals surface area contributed by atoms with Crippen molar-refractivity contribution in [3.05, 3.63) is 0 Å². The van der Waals surface area contributed by atoms with Gasteiger partial charge in [0.2, 0.25) is 0 Å². The van der Waals surface area contributed by atoms with E-state index in [9.17, 15) is 0 Å². The van der Waals surface area contributed by atoms with Crippen molar-refractivity contribution >= 4 is 0 Å². The third-order valence-electron chi connectivity index (χ3n) is 1.28. The van der Waals surface area contributed by atoms with Crippen molar-refractivity contribution < 1.29 is 14.3 Å². The van der Waals surface area contributed by atoms with Crippen LogP contribution in [0.1, 0.15) is 0 Å². The van der Waals surface area contributed by atoms with E-state index in [4.69, 9.17) is 14.3 Å². The number of hydroxylamine groups is 1. The minimum Gasteiger partial charge on any atom is -0.382 e. The Morgan fingerprint density at radius 3 is 2.80 bits per heavy atom. The van der Waals surface area contributed by atoms with Gasteiger partial charge in [0.05, 0.1) is 32.5 Å². The van der Waals surface area contributed by atoms with Crippen LogP contribution in [-0.2, 0) is 14.3 Å². The third-order valence-corrected chi connectivity index (χ3v) is 1.28. The van der Waals surface area contributed by atoms with Crippen LogP contribution in [0.15, 0.2) is 0 Å². The molecule has 10 heavy (non-hydrogen) atoms. The Labute approximate surface area is 60.4 Å². The number of hydrogen-bond acceptors (Lipinski definition) is 4. The van der Waals surface area contributed by atoms with Gasteiger partial charge in [-0.25, -0.2) is 0 Å². The Morgan fingerprint density at radius 1 is 1.50 bits per heavy atom. The molecule has 0 aromatic rings. The van der Waals surface area contributed by atoms with Crippen LogP contribution in [0.5, 0.6) is 0 Å².